The zero-order valence-corrected chi connectivity index (χ0v) is 19.1. The number of ether oxygens (including phenoxy) is 1. The summed E-state index contributed by atoms with van der Waals surface area (Å²) in [5.74, 6) is 1.54. The summed E-state index contributed by atoms with van der Waals surface area (Å²) in [5, 5.41) is 21.3. The van der Waals surface area contributed by atoms with Gasteiger partial charge in [-0.2, -0.15) is 5.26 Å². The van der Waals surface area contributed by atoms with E-state index < -0.39 is 5.60 Å². The van der Waals surface area contributed by atoms with Gasteiger partial charge in [-0.15, -0.1) is 0 Å². The molecule has 1 amide bonds. The van der Waals surface area contributed by atoms with Crippen molar-refractivity contribution in [2.75, 3.05) is 10.6 Å². The molecule has 3 N–H and O–H groups in total. The summed E-state index contributed by atoms with van der Waals surface area (Å²) in [4.78, 5) is 21.2. The molecule has 2 aliphatic carbocycles. The van der Waals surface area contributed by atoms with Crippen LogP contribution in [-0.2, 0) is 4.74 Å². The molecule has 0 aliphatic heterocycles. The smallest absolute Gasteiger partial charge is 0.407 e. The first-order valence-corrected chi connectivity index (χ1v) is 11.5. The molecular formula is C24H32N6O2. The van der Waals surface area contributed by atoms with E-state index in [4.69, 9.17) is 4.74 Å². The van der Waals surface area contributed by atoms with Gasteiger partial charge in [-0.25, -0.2) is 14.8 Å². The van der Waals surface area contributed by atoms with Gasteiger partial charge in [0.25, 0.3) is 0 Å². The summed E-state index contributed by atoms with van der Waals surface area (Å²) in [6.07, 6.45) is 8.79. The Morgan fingerprint density at radius 2 is 1.84 bits per heavy atom. The number of nitrogens with one attached hydrogen (secondary N) is 3. The van der Waals surface area contributed by atoms with Crippen molar-refractivity contribution in [3.05, 3.63) is 24.0 Å². The monoisotopic (exact) mass is 436 g/mol. The number of hydrogen-bond donors (Lipinski definition) is 3. The fourth-order valence-electron chi connectivity index (χ4n) is 4.58. The van der Waals surface area contributed by atoms with Gasteiger partial charge in [-0.1, -0.05) is 12.8 Å². The lowest BCUT2D eigenvalue weighted by atomic mass is 10.1. The SMILES string of the molecule is CC(C)(C)OC(=O)N[C@H]1CC[C@H](Nc2cc3c(NC4CCCC4)nc(C#N)cc3cn2)C1. The molecule has 2 atom stereocenters. The van der Waals surface area contributed by atoms with Gasteiger partial charge in [0.1, 0.15) is 29.0 Å². The van der Waals surface area contributed by atoms with Crippen LogP contribution in [0, 0.1) is 11.3 Å². The summed E-state index contributed by atoms with van der Waals surface area (Å²) in [6.45, 7) is 5.59. The topological polar surface area (TPSA) is 112 Å². The van der Waals surface area contributed by atoms with Crippen molar-refractivity contribution in [2.45, 2.75) is 89.4 Å². The molecule has 2 aliphatic rings. The molecule has 2 aromatic heterocycles. The maximum absolute atomic E-state index is 12.1. The maximum atomic E-state index is 12.1. The Labute approximate surface area is 189 Å². The third-order valence-electron chi connectivity index (χ3n) is 6.03. The highest BCUT2D eigenvalue weighted by atomic mass is 16.6. The average Bonchev–Trinajstić information content (AvgIpc) is 3.38. The van der Waals surface area contributed by atoms with Crippen LogP contribution < -0.4 is 16.0 Å². The molecule has 0 unspecified atom stereocenters. The Bertz CT molecular complexity index is 1020. The molecule has 32 heavy (non-hydrogen) atoms. The number of rotatable bonds is 5. The molecule has 0 radical (unpaired) electrons. The molecule has 170 valence electrons. The highest BCUT2D eigenvalue weighted by molar-refractivity contribution is 5.93. The second kappa shape index (κ2) is 9.19. The van der Waals surface area contributed by atoms with Gasteiger partial charge in [0.05, 0.1) is 0 Å². The van der Waals surface area contributed by atoms with Crippen LogP contribution in [0.1, 0.15) is 71.4 Å². The van der Waals surface area contributed by atoms with Crippen LogP contribution in [0.2, 0.25) is 0 Å². The van der Waals surface area contributed by atoms with Crippen molar-refractivity contribution in [3.8, 4) is 6.07 Å². The fourth-order valence-corrected chi connectivity index (χ4v) is 4.58. The van der Waals surface area contributed by atoms with Gasteiger partial charge >= 0.3 is 6.09 Å². The Hall–Kier alpha value is -3.08. The van der Waals surface area contributed by atoms with E-state index in [1.54, 1.807) is 12.3 Å². The first-order chi connectivity index (χ1) is 15.3. The molecule has 0 bridgehead atoms. The predicted molar refractivity (Wildman–Crippen MR) is 125 cm³/mol. The lowest BCUT2D eigenvalue weighted by Gasteiger charge is -2.22. The molecule has 8 heteroatoms. The highest BCUT2D eigenvalue weighted by Crippen LogP contribution is 2.30. The molecule has 0 saturated heterocycles. The third-order valence-corrected chi connectivity index (χ3v) is 6.03. The number of pyridine rings is 2. The minimum atomic E-state index is -0.501. The van der Waals surface area contributed by atoms with Crippen LogP contribution in [0.15, 0.2) is 18.3 Å². The molecule has 0 aromatic carbocycles. The van der Waals surface area contributed by atoms with Crippen LogP contribution in [0.3, 0.4) is 0 Å². The van der Waals surface area contributed by atoms with Crippen molar-refractivity contribution in [3.63, 3.8) is 0 Å². The number of carbonyl (C=O) groups is 1. The third kappa shape index (κ3) is 5.58. The number of nitriles is 1. The number of anilines is 2. The van der Waals surface area contributed by atoms with Crippen molar-refractivity contribution < 1.29 is 9.53 Å². The second-order valence-electron chi connectivity index (χ2n) is 9.88. The molecule has 2 aromatic rings. The van der Waals surface area contributed by atoms with E-state index in [0.29, 0.717) is 11.7 Å². The summed E-state index contributed by atoms with van der Waals surface area (Å²) >= 11 is 0. The zero-order valence-electron chi connectivity index (χ0n) is 19.1. The lowest BCUT2D eigenvalue weighted by molar-refractivity contribution is 0.0505. The van der Waals surface area contributed by atoms with Gasteiger partial charge in [0.15, 0.2) is 0 Å². The number of nitrogens with zero attached hydrogens (tertiary/aromatic N) is 3. The van der Waals surface area contributed by atoms with E-state index in [1.807, 2.05) is 26.8 Å². The fraction of sp³-hybridized carbons (Fsp3) is 0.583. The maximum Gasteiger partial charge on any atom is 0.407 e. The standard InChI is InChI=1S/C24H32N6O2/c1-24(2,3)32-23(31)30-18-9-8-17(11-18)27-21-12-20-15(14-26-21)10-19(13-25)29-22(20)28-16-6-4-5-7-16/h10,12,14,16-18H,4-9,11H2,1-3H3,(H,26,27)(H,28,29)(H,30,31)/t17-,18-/m0/s1. The first kappa shape index (κ1) is 22.1. The van der Waals surface area contributed by atoms with E-state index in [9.17, 15) is 10.1 Å². The number of aromatic nitrogens is 2. The van der Waals surface area contributed by atoms with E-state index in [2.05, 4.69) is 32.0 Å². The minimum absolute atomic E-state index is 0.0854. The minimum Gasteiger partial charge on any atom is -0.444 e. The van der Waals surface area contributed by atoms with Gasteiger partial charge in [0.2, 0.25) is 0 Å². The summed E-state index contributed by atoms with van der Waals surface area (Å²) < 4.78 is 5.37. The van der Waals surface area contributed by atoms with E-state index >= 15 is 0 Å². The first-order valence-electron chi connectivity index (χ1n) is 11.5. The Balaban J connectivity index is 1.44. The number of carbonyl (C=O) groups excluding carboxylic acids is 1. The molecule has 2 heterocycles. The molecule has 8 nitrogen and oxygen atoms in total. The van der Waals surface area contributed by atoms with Crippen LogP contribution in [0.4, 0.5) is 16.4 Å². The second-order valence-corrected chi connectivity index (χ2v) is 9.88. The van der Waals surface area contributed by atoms with Crippen LogP contribution in [0.5, 0.6) is 0 Å². The van der Waals surface area contributed by atoms with Gasteiger partial charge < -0.3 is 20.7 Å². The van der Waals surface area contributed by atoms with Crippen LogP contribution in [0.25, 0.3) is 10.8 Å². The quantitative estimate of drug-likeness (QED) is 0.622. The Kier molecular flexibility index (Phi) is 6.35. The number of amides is 1. The summed E-state index contributed by atoms with van der Waals surface area (Å²) in [5.41, 5.74) is -0.105. The molecule has 2 saturated carbocycles. The largest absolute Gasteiger partial charge is 0.444 e. The van der Waals surface area contributed by atoms with Crippen LogP contribution in [-0.4, -0.2) is 39.8 Å². The van der Waals surface area contributed by atoms with Crippen molar-refractivity contribution in [2.24, 2.45) is 0 Å². The molecule has 4 rings (SSSR count). The zero-order chi connectivity index (χ0) is 22.7. The Morgan fingerprint density at radius 1 is 1.09 bits per heavy atom. The van der Waals surface area contributed by atoms with Crippen LogP contribution >= 0.6 is 0 Å². The molecular weight excluding hydrogens is 404 g/mol. The average molecular weight is 437 g/mol. The predicted octanol–water partition coefficient (Wildman–Crippen LogP) is 4.71. The number of alkyl carbamates (subject to hydrolysis) is 1. The Morgan fingerprint density at radius 3 is 2.56 bits per heavy atom. The van der Waals surface area contributed by atoms with E-state index in [0.717, 1.165) is 54.5 Å². The highest BCUT2D eigenvalue weighted by Gasteiger charge is 2.28. The van der Waals surface area contributed by atoms with Gasteiger partial charge in [-0.3, -0.25) is 0 Å². The van der Waals surface area contributed by atoms with Crippen molar-refractivity contribution in [1.82, 2.24) is 15.3 Å². The van der Waals surface area contributed by atoms with E-state index in [1.165, 1.54) is 12.8 Å². The van der Waals surface area contributed by atoms with E-state index in [-0.39, 0.29) is 18.2 Å². The van der Waals surface area contributed by atoms with Gasteiger partial charge in [-0.05, 0) is 65.0 Å². The number of fused-ring (bicyclic) bond motifs is 1. The molecule has 0 spiro atoms. The summed E-state index contributed by atoms with van der Waals surface area (Å²) in [6, 6.07) is 6.65. The summed E-state index contributed by atoms with van der Waals surface area (Å²) in [7, 11) is 0. The van der Waals surface area contributed by atoms with Crippen molar-refractivity contribution in [1.29, 1.82) is 5.26 Å². The number of hydrogen-bond acceptors (Lipinski definition) is 7. The molecule has 2 fully saturated rings. The normalized spacial score (nSPS) is 21.3. The van der Waals surface area contributed by atoms with Crippen molar-refractivity contribution >= 4 is 28.5 Å². The van der Waals surface area contributed by atoms with Gasteiger partial charge in [0, 0.05) is 35.1 Å². The lowest BCUT2D eigenvalue weighted by Crippen LogP contribution is -2.38.